The van der Waals surface area contributed by atoms with Gasteiger partial charge >= 0.3 is 0 Å². The molecule has 588 valence electrons. The Bertz CT molecular complexity index is 6770. The second kappa shape index (κ2) is 35.0. The van der Waals surface area contributed by atoms with Crippen molar-refractivity contribution < 1.29 is 0 Å². The van der Waals surface area contributed by atoms with E-state index in [0.29, 0.717) is 0 Å². The van der Waals surface area contributed by atoms with Crippen LogP contribution in [0.5, 0.6) is 0 Å². The maximum Gasteiger partial charge on any atom is 0.0890 e. The highest BCUT2D eigenvalue weighted by molar-refractivity contribution is 6.31. The van der Waals surface area contributed by atoms with Crippen LogP contribution in [0, 0.1) is 13.8 Å². The average Bonchev–Trinajstić information content (AvgIpc) is 1.63. The van der Waals surface area contributed by atoms with E-state index in [4.69, 9.17) is 51.5 Å². The van der Waals surface area contributed by atoms with Gasteiger partial charge in [-0.2, -0.15) is 0 Å². The zero-order valence-corrected chi connectivity index (χ0v) is 68.9. The summed E-state index contributed by atoms with van der Waals surface area (Å²) in [6.45, 7) is 11.0. The van der Waals surface area contributed by atoms with Crippen molar-refractivity contribution in [2.24, 2.45) is 25.0 Å². The first kappa shape index (κ1) is 77.7. The molecule has 0 saturated heterocycles. The zero-order chi connectivity index (χ0) is 81.5. The molecule has 17 aromatic rings. The lowest BCUT2D eigenvalue weighted by molar-refractivity contribution is 0.590. The van der Waals surface area contributed by atoms with Crippen molar-refractivity contribution in [3.05, 3.63) is 352 Å². The van der Waals surface area contributed by atoms with Crippen molar-refractivity contribution in [1.29, 1.82) is 0 Å². The highest BCUT2D eigenvalue weighted by atomic mass is 35.5. The van der Waals surface area contributed by atoms with Crippen LogP contribution in [0.3, 0.4) is 0 Å². The van der Waals surface area contributed by atoms with Crippen molar-refractivity contribution in [3.8, 4) is 0 Å². The summed E-state index contributed by atoms with van der Waals surface area (Å²) in [5, 5.41) is 5.80. The lowest BCUT2D eigenvalue weighted by Gasteiger charge is -2.19. The molecule has 0 saturated carbocycles. The van der Waals surface area contributed by atoms with E-state index in [1.807, 2.05) is 165 Å². The third kappa shape index (κ3) is 18.1. The number of nitrogens with zero attached hydrogens (tertiary/aromatic N) is 15. The van der Waals surface area contributed by atoms with Gasteiger partial charge in [-0.25, -0.2) is 24.9 Å². The van der Waals surface area contributed by atoms with Crippen LogP contribution in [-0.4, -0.2) is 78.4 Å². The molecule has 0 atom stereocenters. The minimum atomic E-state index is 0.179. The SMILES string of the molecule is CC(C)(C)c1ccc2c(c1)CC(CCc1cnc3ccccc3n1)=N2.Cc1cc2c(cc1Cl)N=C(CCc1cnc3ccccc3n1)C2.Cc1cccc2c1CC(CCc1cnc3ccccc3n1)=N2.c1ccc2c3c(ccc2c1)CC(CCc1cnc2ccccc2n1)=N3.c1ccc2c3c(ccc2c1)CC(CCc1cnc2ccccc2n1)=N3. The number of aliphatic imine (C=N–C) groups is 5. The molecule has 120 heavy (non-hydrogen) atoms. The summed E-state index contributed by atoms with van der Waals surface area (Å²) in [5.41, 5.74) is 37.1. The third-order valence-electron chi connectivity index (χ3n) is 22.8. The monoisotopic (exact) mass is 1580 g/mol. The number of fused-ring (bicyclic) bond motifs is 14. The van der Waals surface area contributed by atoms with Crippen molar-refractivity contribution in [2.45, 2.75) is 136 Å². The van der Waals surface area contributed by atoms with Crippen LogP contribution in [0.2, 0.25) is 5.02 Å². The standard InChI is InChI=1S/2C22H17N3.C22H23N3.C19H16ClN3.C19H17N3/c2*1-2-6-19-15(5-1)9-10-16-13-17(25-22(16)19)11-12-18-14-23-20-7-3-4-8-21(20)24-18;1-22(2,3)16-8-11-19-15(12-16)13-17(24-19)9-10-18-14-23-20-6-4-5-7-21(20)25-18;1-12-8-13-9-14(22-19(13)10-16(12)20)6-7-15-11-21-17-4-2-3-5-18(17)23-15;1-13-5-4-8-17-16(13)11-14(21-17)9-10-15-12-20-18-6-2-3-7-19(18)22-15/h2*1-10,14H,11-13H2;4-8,11-12,14H,9-10,13H2,1-3H3;2-5,8,10-11H,6-7,9H2,1H3;2-8,12H,9-11H2,1H3. The van der Waals surface area contributed by atoms with E-state index in [2.05, 4.69) is 178 Å². The maximum atomic E-state index is 6.18. The largest absolute Gasteiger partial charge is 0.257 e. The molecule has 5 aliphatic rings. The lowest BCUT2D eigenvalue weighted by Crippen LogP contribution is -2.11. The van der Waals surface area contributed by atoms with Crippen molar-refractivity contribution >= 4 is 145 Å². The molecule has 0 bridgehead atoms. The predicted molar refractivity (Wildman–Crippen MR) is 494 cm³/mol. The number of hydrogen-bond acceptors (Lipinski definition) is 15. The number of rotatable bonds is 15. The highest BCUT2D eigenvalue weighted by Crippen LogP contribution is 2.40. The van der Waals surface area contributed by atoms with E-state index in [9.17, 15) is 0 Å². The first-order valence-electron chi connectivity index (χ1n) is 41.6. The van der Waals surface area contributed by atoms with Gasteiger partial charge in [0.15, 0.2) is 0 Å². The number of para-hydroxylation sites is 10. The van der Waals surface area contributed by atoms with Gasteiger partial charge in [0.2, 0.25) is 0 Å². The molecule has 5 aromatic heterocycles. The minimum absolute atomic E-state index is 0.179. The second-order valence-electron chi connectivity index (χ2n) is 32.5. The zero-order valence-electron chi connectivity index (χ0n) is 68.2. The molecule has 5 aliphatic heterocycles. The van der Waals surface area contributed by atoms with Gasteiger partial charge in [0, 0.05) is 107 Å². The Hall–Kier alpha value is -13.5. The normalized spacial score (nSPS) is 13.3. The van der Waals surface area contributed by atoms with Gasteiger partial charge in [-0.1, -0.05) is 196 Å². The van der Waals surface area contributed by atoms with Crippen LogP contribution < -0.4 is 0 Å². The summed E-state index contributed by atoms with van der Waals surface area (Å²) in [5.74, 6) is 0. The van der Waals surface area contributed by atoms with Crippen LogP contribution in [0.4, 0.5) is 28.4 Å². The fraction of sp³-hybridized carbons (Fsp3) is 0.202. The molecule has 0 amide bonds. The second-order valence-corrected chi connectivity index (χ2v) is 32.9. The van der Waals surface area contributed by atoms with Crippen LogP contribution in [-0.2, 0) is 69.6 Å². The summed E-state index contributed by atoms with van der Waals surface area (Å²) < 4.78 is 0. The van der Waals surface area contributed by atoms with E-state index >= 15 is 0 Å². The number of halogens is 1. The molecule has 22 rings (SSSR count). The summed E-state index contributed by atoms with van der Waals surface area (Å²) in [7, 11) is 0. The van der Waals surface area contributed by atoms with Gasteiger partial charge in [-0.05, 0) is 218 Å². The number of aryl methyl sites for hydroxylation is 7. The van der Waals surface area contributed by atoms with Crippen LogP contribution in [0.1, 0.15) is 126 Å². The van der Waals surface area contributed by atoms with E-state index in [-0.39, 0.29) is 5.41 Å². The molecule has 0 N–H and O–H groups in total. The first-order chi connectivity index (χ1) is 58.7. The van der Waals surface area contributed by atoms with E-state index in [1.165, 1.54) is 89.0 Å². The summed E-state index contributed by atoms with van der Waals surface area (Å²) in [6, 6.07) is 82.9. The van der Waals surface area contributed by atoms with Gasteiger partial charge in [-0.3, -0.25) is 49.9 Å². The fourth-order valence-corrected chi connectivity index (χ4v) is 16.4. The van der Waals surface area contributed by atoms with Crippen LogP contribution in [0.15, 0.2) is 299 Å². The van der Waals surface area contributed by atoms with Crippen LogP contribution >= 0.6 is 11.6 Å². The smallest absolute Gasteiger partial charge is 0.0890 e. The lowest BCUT2D eigenvalue weighted by atomic mass is 9.85. The Morgan fingerprint density at radius 1 is 0.275 bits per heavy atom. The van der Waals surface area contributed by atoms with Gasteiger partial charge in [0.25, 0.3) is 0 Å². The Morgan fingerprint density at radius 2 is 0.617 bits per heavy atom. The maximum absolute atomic E-state index is 6.18. The Balaban J connectivity index is 0.000000103. The van der Waals surface area contributed by atoms with Crippen molar-refractivity contribution in [1.82, 2.24) is 49.8 Å². The Morgan fingerprint density at radius 3 is 1.02 bits per heavy atom. The van der Waals surface area contributed by atoms with E-state index in [1.54, 1.807) is 0 Å². The molecular formula is C104H90ClN15. The van der Waals surface area contributed by atoms with Crippen molar-refractivity contribution in [3.63, 3.8) is 0 Å². The average molecular weight is 1590 g/mol. The van der Waals surface area contributed by atoms with E-state index < -0.39 is 0 Å². The molecular weight excluding hydrogens is 1490 g/mol. The number of aromatic nitrogens is 10. The summed E-state index contributed by atoms with van der Waals surface area (Å²) in [6.07, 6.45) is 23.2. The molecule has 0 unspecified atom stereocenters. The van der Waals surface area contributed by atoms with Gasteiger partial charge in [-0.15, -0.1) is 0 Å². The Kier molecular flexibility index (Phi) is 22.7. The summed E-state index contributed by atoms with van der Waals surface area (Å²) >= 11 is 6.18. The minimum Gasteiger partial charge on any atom is -0.257 e. The highest BCUT2D eigenvalue weighted by Gasteiger charge is 2.24. The molecule has 15 nitrogen and oxygen atoms in total. The molecule has 0 spiro atoms. The summed E-state index contributed by atoms with van der Waals surface area (Å²) in [4.78, 5) is 70.1. The molecule has 0 radical (unpaired) electrons. The van der Waals surface area contributed by atoms with E-state index in [0.717, 1.165) is 219 Å². The van der Waals surface area contributed by atoms with Gasteiger partial charge in [0.1, 0.15) is 0 Å². The first-order valence-corrected chi connectivity index (χ1v) is 42.0. The topological polar surface area (TPSA) is 191 Å². The molecule has 12 aromatic carbocycles. The third-order valence-corrected chi connectivity index (χ3v) is 23.2. The fourth-order valence-electron chi connectivity index (χ4n) is 16.2. The van der Waals surface area contributed by atoms with Gasteiger partial charge in [0.05, 0.1) is 112 Å². The molecule has 10 heterocycles. The number of benzene rings is 12. The van der Waals surface area contributed by atoms with Crippen LogP contribution in [0.25, 0.3) is 76.7 Å². The predicted octanol–water partition coefficient (Wildman–Crippen LogP) is 24.3. The molecule has 0 aliphatic carbocycles. The number of hydrogen-bond donors (Lipinski definition) is 0. The van der Waals surface area contributed by atoms with Crippen molar-refractivity contribution in [2.75, 3.05) is 0 Å². The molecule has 0 fully saturated rings. The quantitative estimate of drug-likeness (QED) is 0.0954. The van der Waals surface area contributed by atoms with Gasteiger partial charge < -0.3 is 0 Å². The Labute approximate surface area is 703 Å². The molecule has 16 heteroatoms.